The van der Waals surface area contributed by atoms with Gasteiger partial charge in [-0.3, -0.25) is 9.78 Å². The second kappa shape index (κ2) is 6.12. The fourth-order valence-electron chi connectivity index (χ4n) is 3.43. The van der Waals surface area contributed by atoms with Crippen LogP contribution in [0.25, 0.3) is 0 Å². The minimum absolute atomic E-state index is 0.154. The minimum Gasteiger partial charge on any atom is -0.374 e. The molecule has 3 heterocycles. The molecular weight excluding hydrogens is 266 g/mol. The number of pyridine rings is 1. The van der Waals surface area contributed by atoms with Crippen LogP contribution in [0.4, 0.5) is 0 Å². The normalized spacial score (nSPS) is 28.7. The third kappa shape index (κ3) is 2.94. The maximum absolute atomic E-state index is 12.6. The van der Waals surface area contributed by atoms with Crippen molar-refractivity contribution in [1.29, 1.82) is 0 Å². The first-order valence-electron chi connectivity index (χ1n) is 7.64. The molecule has 5 nitrogen and oxygen atoms in total. The summed E-state index contributed by atoms with van der Waals surface area (Å²) in [5, 5.41) is 0. The van der Waals surface area contributed by atoms with Crippen molar-refractivity contribution in [2.45, 2.75) is 37.5 Å². The lowest BCUT2D eigenvalue weighted by Crippen LogP contribution is -2.46. The highest BCUT2D eigenvalue weighted by Gasteiger charge is 2.46. The first-order valence-corrected chi connectivity index (χ1v) is 7.64. The highest BCUT2D eigenvalue weighted by atomic mass is 16.5. The van der Waals surface area contributed by atoms with Crippen LogP contribution in [0, 0.1) is 0 Å². The van der Waals surface area contributed by atoms with E-state index < -0.39 is 0 Å². The summed E-state index contributed by atoms with van der Waals surface area (Å²) in [6.45, 7) is 1.57. The van der Waals surface area contributed by atoms with Crippen molar-refractivity contribution in [3.8, 4) is 0 Å². The molecule has 2 saturated heterocycles. The van der Waals surface area contributed by atoms with Crippen molar-refractivity contribution >= 4 is 5.91 Å². The molecule has 2 aliphatic heterocycles. The van der Waals surface area contributed by atoms with Gasteiger partial charge in [-0.25, -0.2) is 0 Å². The quantitative estimate of drug-likeness (QED) is 0.831. The van der Waals surface area contributed by atoms with Crippen molar-refractivity contribution in [2.75, 3.05) is 27.2 Å². The Bertz CT molecular complexity index is 492. The van der Waals surface area contributed by atoms with E-state index in [1.54, 1.807) is 6.20 Å². The van der Waals surface area contributed by atoms with E-state index >= 15 is 0 Å². The van der Waals surface area contributed by atoms with Crippen LogP contribution in [0.5, 0.6) is 0 Å². The Morgan fingerprint density at radius 2 is 2.33 bits per heavy atom. The number of amides is 1. The Morgan fingerprint density at radius 1 is 1.48 bits per heavy atom. The molecule has 5 heteroatoms. The van der Waals surface area contributed by atoms with Crippen LogP contribution >= 0.6 is 0 Å². The maximum atomic E-state index is 12.6. The standard InChI is InChI=1S/C16H23N3O2/c1-18(2)14-11-19(13-7-5-9-21-16(13)14)15(20)10-12-6-3-4-8-17-12/h3-4,6,8,13-14,16H,5,7,9-11H2,1-2H3/t13-,14-,16+/m1/s1. The smallest absolute Gasteiger partial charge is 0.228 e. The molecule has 2 fully saturated rings. The average molecular weight is 289 g/mol. The number of hydrogen-bond acceptors (Lipinski definition) is 4. The lowest BCUT2D eigenvalue weighted by atomic mass is 10.0. The van der Waals surface area contributed by atoms with Crippen LogP contribution in [-0.4, -0.2) is 66.1 Å². The predicted octanol–water partition coefficient (Wildman–Crippen LogP) is 0.944. The second-order valence-electron chi connectivity index (χ2n) is 6.12. The molecule has 0 saturated carbocycles. The van der Waals surface area contributed by atoms with E-state index in [1.165, 1.54) is 0 Å². The van der Waals surface area contributed by atoms with Gasteiger partial charge in [0.1, 0.15) is 0 Å². The fraction of sp³-hybridized carbons (Fsp3) is 0.625. The fourth-order valence-corrected chi connectivity index (χ4v) is 3.43. The van der Waals surface area contributed by atoms with Crippen LogP contribution in [0.2, 0.25) is 0 Å². The van der Waals surface area contributed by atoms with E-state index in [-0.39, 0.29) is 18.1 Å². The Labute approximate surface area is 125 Å². The second-order valence-corrected chi connectivity index (χ2v) is 6.12. The molecular formula is C16H23N3O2. The van der Waals surface area contributed by atoms with Gasteiger partial charge in [0, 0.05) is 25.0 Å². The van der Waals surface area contributed by atoms with Crippen molar-refractivity contribution in [3.63, 3.8) is 0 Å². The third-order valence-electron chi connectivity index (χ3n) is 4.54. The Kier molecular flexibility index (Phi) is 4.22. The van der Waals surface area contributed by atoms with Crippen molar-refractivity contribution in [1.82, 2.24) is 14.8 Å². The summed E-state index contributed by atoms with van der Waals surface area (Å²) in [6.07, 6.45) is 4.35. The summed E-state index contributed by atoms with van der Waals surface area (Å²) >= 11 is 0. The monoisotopic (exact) mass is 289 g/mol. The predicted molar refractivity (Wildman–Crippen MR) is 79.9 cm³/mol. The zero-order valence-corrected chi connectivity index (χ0v) is 12.7. The maximum Gasteiger partial charge on any atom is 0.228 e. The largest absolute Gasteiger partial charge is 0.374 e. The number of hydrogen-bond donors (Lipinski definition) is 0. The summed E-state index contributed by atoms with van der Waals surface area (Å²) in [6, 6.07) is 6.23. The summed E-state index contributed by atoms with van der Waals surface area (Å²) in [5.41, 5.74) is 0.837. The average Bonchev–Trinajstić information content (AvgIpc) is 2.88. The van der Waals surface area contributed by atoms with Crippen LogP contribution in [-0.2, 0) is 16.0 Å². The highest BCUT2D eigenvalue weighted by Crippen LogP contribution is 2.31. The Hall–Kier alpha value is -1.46. The van der Waals surface area contributed by atoms with E-state index in [2.05, 4.69) is 24.0 Å². The van der Waals surface area contributed by atoms with E-state index in [0.29, 0.717) is 12.5 Å². The van der Waals surface area contributed by atoms with Gasteiger partial charge in [-0.05, 0) is 39.1 Å². The van der Waals surface area contributed by atoms with Gasteiger partial charge in [0.05, 0.1) is 24.6 Å². The summed E-state index contributed by atoms with van der Waals surface area (Å²) in [4.78, 5) is 21.1. The Balaban J connectivity index is 1.73. The Morgan fingerprint density at radius 3 is 3.05 bits per heavy atom. The lowest BCUT2D eigenvalue weighted by molar-refractivity contribution is -0.134. The van der Waals surface area contributed by atoms with E-state index in [0.717, 1.165) is 31.7 Å². The molecule has 1 aromatic heterocycles. The number of carbonyl (C=O) groups excluding carboxylic acids is 1. The van der Waals surface area contributed by atoms with E-state index in [1.807, 2.05) is 23.1 Å². The zero-order chi connectivity index (χ0) is 14.8. The number of likely N-dealkylation sites (tertiary alicyclic amines) is 1. The molecule has 1 aromatic rings. The molecule has 0 spiro atoms. The van der Waals surface area contributed by atoms with Crippen LogP contribution in [0.15, 0.2) is 24.4 Å². The summed E-state index contributed by atoms with van der Waals surface area (Å²) in [5.74, 6) is 0.165. The number of ether oxygens (including phenoxy) is 1. The van der Waals surface area contributed by atoms with E-state index in [9.17, 15) is 4.79 Å². The summed E-state index contributed by atoms with van der Waals surface area (Å²) < 4.78 is 5.96. The lowest BCUT2D eigenvalue weighted by Gasteiger charge is -2.33. The van der Waals surface area contributed by atoms with Gasteiger partial charge in [-0.15, -0.1) is 0 Å². The van der Waals surface area contributed by atoms with Gasteiger partial charge in [0.15, 0.2) is 0 Å². The molecule has 0 aromatic carbocycles. The SMILES string of the molecule is CN(C)[C@@H]1CN(C(=O)Cc2ccccn2)[C@@H]2CCCO[C@H]12. The molecule has 0 radical (unpaired) electrons. The van der Waals surface area contributed by atoms with Crippen molar-refractivity contribution in [2.24, 2.45) is 0 Å². The van der Waals surface area contributed by atoms with Crippen molar-refractivity contribution < 1.29 is 9.53 Å². The van der Waals surface area contributed by atoms with Gasteiger partial charge in [0.25, 0.3) is 0 Å². The van der Waals surface area contributed by atoms with Crippen LogP contribution < -0.4 is 0 Å². The zero-order valence-electron chi connectivity index (χ0n) is 12.7. The van der Waals surface area contributed by atoms with Gasteiger partial charge < -0.3 is 14.5 Å². The number of nitrogens with zero attached hydrogens (tertiary/aromatic N) is 3. The van der Waals surface area contributed by atoms with Gasteiger partial charge in [-0.2, -0.15) is 0 Å². The molecule has 114 valence electrons. The molecule has 0 bridgehead atoms. The highest BCUT2D eigenvalue weighted by molar-refractivity contribution is 5.79. The first kappa shape index (κ1) is 14.5. The first-order chi connectivity index (χ1) is 10.2. The van der Waals surface area contributed by atoms with Gasteiger partial charge in [0.2, 0.25) is 5.91 Å². The molecule has 2 aliphatic rings. The van der Waals surface area contributed by atoms with Crippen LogP contribution in [0.1, 0.15) is 18.5 Å². The number of carbonyl (C=O) groups is 1. The molecule has 1 amide bonds. The topological polar surface area (TPSA) is 45.7 Å². The molecule has 0 unspecified atom stereocenters. The summed E-state index contributed by atoms with van der Waals surface area (Å²) in [7, 11) is 4.12. The van der Waals surface area contributed by atoms with Crippen molar-refractivity contribution in [3.05, 3.63) is 30.1 Å². The van der Waals surface area contributed by atoms with Crippen LogP contribution in [0.3, 0.4) is 0 Å². The van der Waals surface area contributed by atoms with Gasteiger partial charge >= 0.3 is 0 Å². The minimum atomic E-state index is 0.154. The third-order valence-corrected chi connectivity index (χ3v) is 4.54. The van der Waals surface area contributed by atoms with E-state index in [4.69, 9.17) is 4.74 Å². The number of likely N-dealkylation sites (N-methyl/N-ethyl adjacent to an activating group) is 1. The number of rotatable bonds is 3. The molecule has 0 N–H and O–H groups in total. The number of fused-ring (bicyclic) bond motifs is 1. The van der Waals surface area contributed by atoms with Gasteiger partial charge in [-0.1, -0.05) is 6.07 Å². The molecule has 3 rings (SSSR count). The number of aromatic nitrogens is 1. The molecule has 21 heavy (non-hydrogen) atoms. The molecule has 3 atom stereocenters. The molecule has 0 aliphatic carbocycles.